The zero-order valence-corrected chi connectivity index (χ0v) is 18.3. The topological polar surface area (TPSA) is 76.8 Å². The maximum Gasteiger partial charge on any atom is 0.258 e. The molecule has 7 nitrogen and oxygen atoms in total. The van der Waals surface area contributed by atoms with Crippen LogP contribution in [0.2, 0.25) is 10.0 Å². The number of hydrogen-bond acceptors (Lipinski definition) is 5. The summed E-state index contributed by atoms with van der Waals surface area (Å²) in [4.78, 5) is 20.7. The molecule has 0 aliphatic heterocycles. The van der Waals surface area contributed by atoms with Gasteiger partial charge in [0.25, 0.3) is 5.91 Å². The van der Waals surface area contributed by atoms with Gasteiger partial charge in [0.1, 0.15) is 0 Å². The van der Waals surface area contributed by atoms with Crippen molar-refractivity contribution in [2.24, 2.45) is 7.05 Å². The number of aryl methyl sites for hydroxylation is 2. The Morgan fingerprint density at radius 2 is 1.87 bits per heavy atom. The Bertz CT molecular complexity index is 1240. The van der Waals surface area contributed by atoms with E-state index in [9.17, 15) is 4.79 Å². The summed E-state index contributed by atoms with van der Waals surface area (Å²) < 4.78 is 0. The largest absolute Gasteiger partial charge is 0.304 e. The number of hydrogen-bond donors (Lipinski definition) is 0. The summed E-state index contributed by atoms with van der Waals surface area (Å²) in [5, 5.41) is 13.1. The lowest BCUT2D eigenvalue weighted by Crippen LogP contribution is -2.31. The monoisotopic (exact) mass is 452 g/mol. The molecule has 0 spiro atoms. The summed E-state index contributed by atoms with van der Waals surface area (Å²) in [5.74, 6) is 0.333. The van der Waals surface area contributed by atoms with Crippen molar-refractivity contribution in [2.75, 3.05) is 4.90 Å². The summed E-state index contributed by atoms with van der Waals surface area (Å²) in [6, 6.07) is 14.4. The first-order valence-electron chi connectivity index (χ1n) is 9.42. The van der Waals surface area contributed by atoms with Crippen molar-refractivity contribution >= 4 is 34.8 Å². The third-order valence-corrected chi connectivity index (χ3v) is 5.13. The Morgan fingerprint density at radius 1 is 1.10 bits per heavy atom. The average Bonchev–Trinajstić information content (AvgIpc) is 3.18. The molecule has 0 fully saturated rings. The van der Waals surface area contributed by atoms with Gasteiger partial charge in [-0.15, -0.1) is 10.2 Å². The summed E-state index contributed by atoms with van der Waals surface area (Å²) in [6.07, 6.45) is 3.26. The molecule has 2 aromatic carbocycles. The van der Waals surface area contributed by atoms with Crippen molar-refractivity contribution in [3.63, 3.8) is 0 Å². The van der Waals surface area contributed by atoms with Crippen molar-refractivity contribution in [3.05, 3.63) is 87.7 Å². The van der Waals surface area contributed by atoms with E-state index in [1.807, 2.05) is 31.2 Å². The van der Waals surface area contributed by atoms with Gasteiger partial charge >= 0.3 is 0 Å². The quantitative estimate of drug-likeness (QED) is 0.437. The smallest absolute Gasteiger partial charge is 0.258 e. The van der Waals surface area contributed by atoms with E-state index in [2.05, 4.69) is 20.4 Å². The van der Waals surface area contributed by atoms with E-state index >= 15 is 0 Å². The molecule has 2 heterocycles. The van der Waals surface area contributed by atoms with Crippen LogP contribution in [0, 0.1) is 6.92 Å². The number of carbonyl (C=O) groups is 1. The van der Waals surface area contributed by atoms with Gasteiger partial charge < -0.3 is 4.90 Å². The number of carbonyl (C=O) groups excluding carboxylic acids is 1. The lowest BCUT2D eigenvalue weighted by atomic mass is 10.1. The first-order chi connectivity index (χ1) is 14.9. The van der Waals surface area contributed by atoms with Crippen LogP contribution in [0.25, 0.3) is 11.4 Å². The van der Waals surface area contributed by atoms with Crippen LogP contribution in [0.3, 0.4) is 0 Å². The number of anilines is 1. The van der Waals surface area contributed by atoms with Crippen LogP contribution in [0.1, 0.15) is 21.5 Å². The predicted octanol–water partition coefficient (Wildman–Crippen LogP) is 4.73. The Hall–Kier alpha value is -3.29. The van der Waals surface area contributed by atoms with Crippen LogP contribution in [-0.2, 0) is 13.6 Å². The molecule has 2 aromatic heterocycles. The molecule has 0 saturated heterocycles. The third-order valence-electron chi connectivity index (χ3n) is 4.69. The van der Waals surface area contributed by atoms with Gasteiger partial charge in [0.05, 0.1) is 13.6 Å². The normalized spacial score (nSPS) is 10.8. The van der Waals surface area contributed by atoms with Crippen LogP contribution in [0.5, 0.6) is 0 Å². The fraction of sp³-hybridized carbons (Fsp3) is 0.136. The molecule has 4 aromatic rings. The van der Waals surface area contributed by atoms with Crippen LogP contribution < -0.4 is 4.90 Å². The van der Waals surface area contributed by atoms with Gasteiger partial charge in [-0.1, -0.05) is 41.4 Å². The van der Waals surface area contributed by atoms with Crippen molar-refractivity contribution in [1.29, 1.82) is 0 Å². The van der Waals surface area contributed by atoms with E-state index in [0.29, 0.717) is 33.7 Å². The molecule has 0 atom stereocenters. The van der Waals surface area contributed by atoms with Gasteiger partial charge in [0.2, 0.25) is 5.82 Å². The maximum atomic E-state index is 13.5. The highest BCUT2D eigenvalue weighted by Gasteiger charge is 2.21. The molecule has 4 rings (SSSR count). The lowest BCUT2D eigenvalue weighted by molar-refractivity contribution is 0.0984. The van der Waals surface area contributed by atoms with Gasteiger partial charge in [-0.05, 0) is 53.6 Å². The van der Waals surface area contributed by atoms with E-state index in [1.54, 1.807) is 48.6 Å². The molecule has 9 heteroatoms. The van der Waals surface area contributed by atoms with E-state index in [4.69, 9.17) is 23.2 Å². The number of tetrazole rings is 1. The van der Waals surface area contributed by atoms with Crippen molar-refractivity contribution < 1.29 is 4.79 Å². The number of halogens is 2. The summed E-state index contributed by atoms with van der Waals surface area (Å²) in [6.45, 7) is 2.15. The average molecular weight is 453 g/mol. The van der Waals surface area contributed by atoms with Crippen molar-refractivity contribution in [1.82, 2.24) is 25.2 Å². The summed E-state index contributed by atoms with van der Waals surface area (Å²) in [7, 11) is 1.71. The number of nitrogens with zero attached hydrogens (tertiary/aromatic N) is 6. The van der Waals surface area contributed by atoms with Crippen LogP contribution in [0.15, 0.2) is 60.9 Å². The predicted molar refractivity (Wildman–Crippen MR) is 120 cm³/mol. The summed E-state index contributed by atoms with van der Waals surface area (Å²) in [5.41, 5.74) is 3.63. The number of amides is 1. The standard InChI is InChI=1S/C22H18Cl2N6O/c1-14-12-25-7-6-20(14)22(31)30(19-10-17(23)9-18(24)11-19)13-15-4-3-5-16(8-15)21-26-28-29(2)27-21/h3-12H,13H2,1-2H3. The highest BCUT2D eigenvalue weighted by Crippen LogP contribution is 2.29. The number of benzene rings is 2. The molecule has 0 aliphatic rings. The second-order valence-electron chi connectivity index (χ2n) is 7.01. The number of pyridine rings is 1. The number of aromatic nitrogens is 5. The van der Waals surface area contributed by atoms with Crippen LogP contribution in [0.4, 0.5) is 5.69 Å². The third kappa shape index (κ3) is 4.73. The second-order valence-corrected chi connectivity index (χ2v) is 7.89. The fourth-order valence-electron chi connectivity index (χ4n) is 3.23. The van der Waals surface area contributed by atoms with E-state index in [1.165, 1.54) is 4.80 Å². The zero-order valence-electron chi connectivity index (χ0n) is 16.8. The Morgan fingerprint density at radius 3 is 2.55 bits per heavy atom. The molecule has 0 bridgehead atoms. The molecule has 0 radical (unpaired) electrons. The first-order valence-corrected chi connectivity index (χ1v) is 10.2. The van der Waals surface area contributed by atoms with Gasteiger partial charge in [-0.3, -0.25) is 9.78 Å². The minimum atomic E-state index is -0.179. The SMILES string of the molecule is Cc1cnccc1C(=O)N(Cc1cccc(-c2nnn(C)n2)c1)c1cc(Cl)cc(Cl)c1. The van der Waals surface area contributed by atoms with Gasteiger partial charge in [-0.2, -0.15) is 4.80 Å². The second kappa shape index (κ2) is 8.83. The number of rotatable bonds is 5. The summed E-state index contributed by atoms with van der Waals surface area (Å²) >= 11 is 12.5. The first kappa shape index (κ1) is 21.0. The highest BCUT2D eigenvalue weighted by atomic mass is 35.5. The van der Waals surface area contributed by atoms with Crippen LogP contribution in [-0.4, -0.2) is 31.1 Å². The van der Waals surface area contributed by atoms with E-state index in [0.717, 1.165) is 16.7 Å². The molecule has 156 valence electrons. The van der Waals surface area contributed by atoms with Gasteiger partial charge in [0.15, 0.2) is 0 Å². The molecule has 1 amide bonds. The molecule has 0 N–H and O–H groups in total. The van der Waals surface area contributed by atoms with Gasteiger partial charge in [-0.25, -0.2) is 0 Å². The minimum absolute atomic E-state index is 0.179. The van der Waals surface area contributed by atoms with E-state index < -0.39 is 0 Å². The van der Waals surface area contributed by atoms with Crippen LogP contribution >= 0.6 is 23.2 Å². The maximum absolute atomic E-state index is 13.5. The Labute approximate surface area is 189 Å². The lowest BCUT2D eigenvalue weighted by Gasteiger charge is -2.24. The van der Waals surface area contributed by atoms with E-state index in [-0.39, 0.29) is 5.91 Å². The molecular weight excluding hydrogens is 435 g/mol. The van der Waals surface area contributed by atoms with Gasteiger partial charge in [0, 0.05) is 39.3 Å². The molecule has 31 heavy (non-hydrogen) atoms. The Balaban J connectivity index is 1.75. The molecular formula is C22H18Cl2N6O. The minimum Gasteiger partial charge on any atom is -0.304 e. The molecule has 0 aliphatic carbocycles. The van der Waals surface area contributed by atoms with Crippen molar-refractivity contribution in [2.45, 2.75) is 13.5 Å². The molecule has 0 saturated carbocycles. The Kier molecular flexibility index (Phi) is 5.97. The zero-order chi connectivity index (χ0) is 22.0. The highest BCUT2D eigenvalue weighted by molar-refractivity contribution is 6.35. The molecule has 0 unspecified atom stereocenters. The fourth-order valence-corrected chi connectivity index (χ4v) is 3.74. The van der Waals surface area contributed by atoms with Crippen molar-refractivity contribution in [3.8, 4) is 11.4 Å².